The van der Waals surface area contributed by atoms with E-state index in [1.165, 1.54) is 4.31 Å². The molecule has 2 aliphatic heterocycles. The minimum atomic E-state index is -3.57. The second-order valence-electron chi connectivity index (χ2n) is 9.13. The third-order valence-corrected chi connectivity index (χ3v) is 8.30. The number of pyridine rings is 1. The predicted octanol–water partition coefficient (Wildman–Crippen LogP) is 3.58. The summed E-state index contributed by atoms with van der Waals surface area (Å²) in [6.07, 6.45) is 2.18. The molecule has 0 bridgehead atoms. The Kier molecular flexibility index (Phi) is 5.68. The molecule has 2 aliphatic rings. The number of piperazine rings is 1. The molecule has 0 aliphatic carbocycles. The van der Waals surface area contributed by atoms with E-state index >= 15 is 0 Å². The van der Waals surface area contributed by atoms with Gasteiger partial charge in [-0.3, -0.25) is 0 Å². The number of anilines is 1. The maximum absolute atomic E-state index is 13.0. The highest BCUT2D eigenvalue weighted by Gasteiger charge is 2.35. The summed E-state index contributed by atoms with van der Waals surface area (Å²) in [5.74, 6) is 1.19. The first-order valence-corrected chi connectivity index (χ1v) is 12.7. The average molecular weight is 479 g/mol. The van der Waals surface area contributed by atoms with Crippen LogP contribution < -0.4 is 4.90 Å². The van der Waals surface area contributed by atoms with Crippen molar-refractivity contribution in [1.29, 1.82) is 5.26 Å². The van der Waals surface area contributed by atoms with Crippen molar-refractivity contribution in [1.82, 2.24) is 9.29 Å². The number of sulfonamides is 1. The van der Waals surface area contributed by atoms with Gasteiger partial charge in [-0.05, 0) is 43.7 Å². The number of hydrogen-bond acceptors (Lipinski definition) is 7. The van der Waals surface area contributed by atoms with Crippen LogP contribution in [0.2, 0.25) is 0 Å². The summed E-state index contributed by atoms with van der Waals surface area (Å²) in [5.41, 5.74) is 2.60. The molecule has 0 unspecified atom stereocenters. The lowest BCUT2D eigenvalue weighted by molar-refractivity contribution is -0.0400. The van der Waals surface area contributed by atoms with Gasteiger partial charge in [-0.2, -0.15) is 9.57 Å². The van der Waals surface area contributed by atoms with Gasteiger partial charge in [0.25, 0.3) is 0 Å². The Labute approximate surface area is 199 Å². The van der Waals surface area contributed by atoms with Gasteiger partial charge in [-0.15, -0.1) is 0 Å². The van der Waals surface area contributed by atoms with Gasteiger partial charge in [0, 0.05) is 38.2 Å². The quantitative estimate of drug-likeness (QED) is 0.565. The van der Waals surface area contributed by atoms with Gasteiger partial charge in [0.15, 0.2) is 5.76 Å². The lowest BCUT2D eigenvalue weighted by Gasteiger charge is -2.37. The van der Waals surface area contributed by atoms with E-state index in [0.717, 1.165) is 11.1 Å². The second-order valence-corrected chi connectivity index (χ2v) is 11.1. The van der Waals surface area contributed by atoms with E-state index in [9.17, 15) is 13.7 Å². The third-order valence-electron chi connectivity index (χ3n) is 6.39. The highest BCUT2D eigenvalue weighted by molar-refractivity contribution is 7.89. The first kappa shape index (κ1) is 22.6. The van der Waals surface area contributed by atoms with Crippen molar-refractivity contribution in [3.8, 4) is 17.5 Å². The fourth-order valence-electron chi connectivity index (χ4n) is 4.60. The van der Waals surface area contributed by atoms with E-state index in [1.54, 1.807) is 36.6 Å². The van der Waals surface area contributed by atoms with Crippen molar-refractivity contribution >= 4 is 15.8 Å². The first-order valence-electron chi connectivity index (χ1n) is 11.2. The number of nitrogens with zero attached hydrogens (tertiary/aromatic N) is 4. The Morgan fingerprint density at radius 2 is 1.76 bits per heavy atom. The van der Waals surface area contributed by atoms with Gasteiger partial charge in [0.1, 0.15) is 17.6 Å². The normalized spacial score (nSPS) is 18.3. The van der Waals surface area contributed by atoms with E-state index in [0.29, 0.717) is 62.0 Å². The van der Waals surface area contributed by atoms with Crippen molar-refractivity contribution in [2.45, 2.75) is 37.4 Å². The number of rotatable bonds is 4. The van der Waals surface area contributed by atoms with Crippen molar-refractivity contribution in [2.75, 3.05) is 31.1 Å². The van der Waals surface area contributed by atoms with E-state index in [2.05, 4.69) is 6.07 Å². The largest absolute Gasteiger partial charge is 0.463 e. The summed E-state index contributed by atoms with van der Waals surface area (Å²) in [6, 6.07) is 14.5. The minimum Gasteiger partial charge on any atom is -0.463 e. The Balaban J connectivity index is 1.50. The Hall–Kier alpha value is -3.19. The third kappa shape index (κ3) is 3.98. The first-order chi connectivity index (χ1) is 16.3. The topological polar surface area (TPSA) is 99.7 Å². The van der Waals surface area contributed by atoms with E-state index in [4.69, 9.17) is 14.1 Å². The molecule has 2 aromatic heterocycles. The zero-order valence-electron chi connectivity index (χ0n) is 19.2. The van der Waals surface area contributed by atoms with Crippen LogP contribution in [0.15, 0.2) is 58.0 Å². The van der Waals surface area contributed by atoms with Crippen molar-refractivity contribution in [2.24, 2.45) is 0 Å². The van der Waals surface area contributed by atoms with Gasteiger partial charge in [0.2, 0.25) is 10.0 Å². The van der Waals surface area contributed by atoms with E-state index < -0.39 is 15.6 Å². The molecule has 34 heavy (non-hydrogen) atoms. The van der Waals surface area contributed by atoms with Crippen LogP contribution >= 0.6 is 0 Å². The second kappa shape index (κ2) is 8.55. The molecule has 1 saturated heterocycles. The molecule has 9 heteroatoms. The zero-order valence-corrected chi connectivity index (χ0v) is 20.0. The van der Waals surface area contributed by atoms with Crippen molar-refractivity contribution in [3.63, 3.8) is 0 Å². The monoisotopic (exact) mass is 478 g/mol. The Bertz CT molecular complexity index is 1340. The molecule has 0 saturated carbocycles. The average Bonchev–Trinajstić information content (AvgIpc) is 3.38. The number of furan rings is 1. The van der Waals surface area contributed by atoms with E-state index in [1.807, 2.05) is 30.9 Å². The number of benzene rings is 1. The molecule has 176 valence electrons. The predicted molar refractivity (Wildman–Crippen MR) is 127 cm³/mol. The molecule has 0 atom stereocenters. The summed E-state index contributed by atoms with van der Waals surface area (Å²) < 4.78 is 39.3. The molecule has 0 amide bonds. The lowest BCUT2D eigenvalue weighted by Crippen LogP contribution is -2.49. The summed E-state index contributed by atoms with van der Waals surface area (Å²) in [4.78, 5) is 7.17. The van der Waals surface area contributed by atoms with Gasteiger partial charge in [-0.1, -0.05) is 18.2 Å². The van der Waals surface area contributed by atoms with Crippen LogP contribution in [0.4, 0.5) is 5.82 Å². The SMILES string of the molecule is CC1(C)Cc2c(C#N)c(N3CCN(S(=O)(=O)c4ccccc4)CC3)nc(-c3ccco3)c2CO1. The molecule has 1 fully saturated rings. The lowest BCUT2D eigenvalue weighted by atomic mass is 9.87. The highest BCUT2D eigenvalue weighted by Crippen LogP contribution is 2.39. The molecule has 0 radical (unpaired) electrons. The maximum atomic E-state index is 13.0. The number of fused-ring (bicyclic) bond motifs is 1. The standard InChI is InChI=1S/C25H26N4O4S/c1-25(2)15-19-20(16-26)24(27-23(21(19)17-33-25)22-9-6-14-32-22)28-10-12-29(13-11-28)34(30,31)18-7-4-3-5-8-18/h3-9,14H,10-13,15,17H2,1-2H3. The summed E-state index contributed by atoms with van der Waals surface area (Å²) in [5, 5.41) is 10.1. The van der Waals surface area contributed by atoms with Gasteiger partial charge >= 0.3 is 0 Å². The summed E-state index contributed by atoms with van der Waals surface area (Å²) in [6.45, 7) is 5.86. The molecular formula is C25H26N4O4S. The number of nitriles is 1. The summed E-state index contributed by atoms with van der Waals surface area (Å²) in [7, 11) is -3.57. The van der Waals surface area contributed by atoms with Gasteiger partial charge in [0.05, 0.1) is 28.9 Å². The number of aromatic nitrogens is 1. The molecule has 0 N–H and O–H groups in total. The Morgan fingerprint density at radius 3 is 2.41 bits per heavy atom. The Morgan fingerprint density at radius 1 is 1.03 bits per heavy atom. The van der Waals surface area contributed by atoms with Crippen LogP contribution in [0.25, 0.3) is 11.5 Å². The molecule has 4 heterocycles. The van der Waals surface area contributed by atoms with Gasteiger partial charge in [-0.25, -0.2) is 13.4 Å². The van der Waals surface area contributed by atoms with Crippen molar-refractivity contribution in [3.05, 3.63) is 65.4 Å². The molecule has 3 aromatic rings. The number of ether oxygens (including phenoxy) is 1. The van der Waals surface area contributed by atoms with Crippen LogP contribution in [-0.4, -0.2) is 49.5 Å². The summed E-state index contributed by atoms with van der Waals surface area (Å²) >= 11 is 0. The smallest absolute Gasteiger partial charge is 0.243 e. The number of hydrogen-bond donors (Lipinski definition) is 0. The molecule has 8 nitrogen and oxygen atoms in total. The van der Waals surface area contributed by atoms with E-state index in [-0.39, 0.29) is 4.90 Å². The fourth-order valence-corrected chi connectivity index (χ4v) is 6.04. The zero-order chi connectivity index (χ0) is 23.9. The van der Waals surface area contributed by atoms with Crippen LogP contribution in [0.1, 0.15) is 30.5 Å². The molecule has 1 aromatic carbocycles. The molecule has 5 rings (SSSR count). The van der Waals surface area contributed by atoms with Crippen LogP contribution in [0.5, 0.6) is 0 Å². The van der Waals surface area contributed by atoms with Crippen molar-refractivity contribution < 1.29 is 17.6 Å². The molecular weight excluding hydrogens is 452 g/mol. The van der Waals surface area contributed by atoms with Crippen LogP contribution in [-0.2, 0) is 27.8 Å². The fraction of sp³-hybridized carbons (Fsp3) is 0.360. The maximum Gasteiger partial charge on any atom is 0.243 e. The highest BCUT2D eigenvalue weighted by atomic mass is 32.2. The van der Waals surface area contributed by atoms with Crippen LogP contribution in [0, 0.1) is 11.3 Å². The molecule has 0 spiro atoms. The van der Waals surface area contributed by atoms with Crippen LogP contribution in [0.3, 0.4) is 0 Å². The van der Waals surface area contributed by atoms with Gasteiger partial charge < -0.3 is 14.1 Å². The minimum absolute atomic E-state index is 0.287.